The van der Waals surface area contributed by atoms with Gasteiger partial charge in [-0.2, -0.15) is 0 Å². The Morgan fingerprint density at radius 1 is 0.170 bits per heavy atom. The van der Waals surface area contributed by atoms with Crippen LogP contribution in [-0.4, -0.2) is 9.13 Å². The lowest BCUT2D eigenvalue weighted by Crippen LogP contribution is -2.26. The number of fused-ring (bicyclic) bond motifs is 28. The minimum absolute atomic E-state index is 0.560. The summed E-state index contributed by atoms with van der Waals surface area (Å²) in [6.07, 6.45) is 9.03. The standard InChI is InChI=1S/C110H68N2/c1-3-23-81-75(19-1)21-17-37-103(81)111-105-35-15-9-29-91(105)93-63-71(47-61-107(93)111)41-39-69-43-49-73(50-44-69)77-53-57-87-89-59-55-79(67-101(89)109(99(87)65-77)95-31-11-5-25-83(95)84-26-6-12-32-96(84)109)80-56-60-90-88-58-54-78(66-100(88)110(102(90)68-80)97-33-13-7-27-85(97)86-28-8-14-34-98(86)110)74-51-45-70(46-52-74)40-42-72-48-62-108-94(64-72)92-30-10-16-36-106(92)112(108)104-38-18-22-76-20-2-4-24-82(76)104/h1-68H. The molecule has 2 heterocycles. The Hall–Kier alpha value is -14.4. The molecule has 20 aromatic rings. The van der Waals surface area contributed by atoms with E-state index in [1.807, 2.05) is 0 Å². The summed E-state index contributed by atoms with van der Waals surface area (Å²) >= 11 is 0. The molecule has 0 bridgehead atoms. The summed E-state index contributed by atoms with van der Waals surface area (Å²) < 4.78 is 4.86. The average molecular weight is 1420 g/mol. The minimum atomic E-state index is -0.560. The second-order valence-electron chi connectivity index (χ2n) is 30.9. The first kappa shape index (κ1) is 62.6. The van der Waals surface area contributed by atoms with E-state index in [1.165, 1.54) is 210 Å². The third-order valence-corrected chi connectivity index (χ3v) is 25.3. The minimum Gasteiger partial charge on any atom is -0.309 e. The van der Waals surface area contributed by atoms with Gasteiger partial charge in [0.25, 0.3) is 0 Å². The van der Waals surface area contributed by atoms with Gasteiger partial charge in [-0.1, -0.05) is 340 Å². The normalized spacial score (nSPS) is 13.6. The fraction of sp³-hybridized carbons (Fsp3) is 0.0182. The Morgan fingerprint density at radius 3 is 0.812 bits per heavy atom. The van der Waals surface area contributed by atoms with E-state index in [9.17, 15) is 0 Å². The molecule has 0 aliphatic heterocycles. The summed E-state index contributed by atoms with van der Waals surface area (Å²) in [5, 5.41) is 9.95. The van der Waals surface area contributed by atoms with E-state index in [1.54, 1.807) is 0 Å². The SMILES string of the molecule is C(=Cc1ccc2c(c1)c1ccccc1n2-c1cccc2ccccc12)c1ccc(-c2ccc3c(c2)C2(c4ccccc4-c4ccccc42)c2cc(-c4ccc5c(c4)C4(c6ccccc6-c6ccccc64)c4cc(-c6ccc(C=Cc7ccc8c(c7)c7ccccc7n8-c7cccc8ccccc78)cc6)ccc4-5)ccc2-3)cc1. The monoisotopic (exact) mass is 1420 g/mol. The van der Waals surface area contributed by atoms with Crippen molar-refractivity contribution in [3.8, 4) is 89.3 Å². The maximum atomic E-state index is 2.56. The highest BCUT2D eigenvalue weighted by molar-refractivity contribution is 6.13. The molecule has 0 fully saturated rings. The summed E-state index contributed by atoms with van der Waals surface area (Å²) in [6.45, 7) is 0. The van der Waals surface area contributed by atoms with Crippen LogP contribution in [0.5, 0.6) is 0 Å². The van der Waals surface area contributed by atoms with Crippen LogP contribution < -0.4 is 0 Å². The van der Waals surface area contributed by atoms with Gasteiger partial charge in [0.1, 0.15) is 0 Å². The Labute approximate surface area is 649 Å². The van der Waals surface area contributed by atoms with Gasteiger partial charge in [-0.05, 0) is 228 Å². The van der Waals surface area contributed by atoms with Crippen molar-refractivity contribution in [3.63, 3.8) is 0 Å². The lowest BCUT2D eigenvalue weighted by Gasteiger charge is -2.31. The molecule has 0 atom stereocenters. The van der Waals surface area contributed by atoms with E-state index in [-0.39, 0.29) is 0 Å². The van der Waals surface area contributed by atoms with Gasteiger partial charge in [0.2, 0.25) is 0 Å². The molecule has 112 heavy (non-hydrogen) atoms. The van der Waals surface area contributed by atoms with Crippen LogP contribution >= 0.6 is 0 Å². The number of hydrogen-bond donors (Lipinski definition) is 0. The zero-order valence-electron chi connectivity index (χ0n) is 61.2. The van der Waals surface area contributed by atoms with Crippen molar-refractivity contribution in [2.24, 2.45) is 0 Å². The lowest BCUT2D eigenvalue weighted by atomic mass is 9.69. The third kappa shape index (κ3) is 8.92. The predicted molar refractivity (Wildman–Crippen MR) is 470 cm³/mol. The van der Waals surface area contributed by atoms with Crippen molar-refractivity contribution in [1.82, 2.24) is 9.13 Å². The maximum absolute atomic E-state index is 2.56. The molecule has 4 aliphatic carbocycles. The van der Waals surface area contributed by atoms with E-state index < -0.39 is 10.8 Å². The van der Waals surface area contributed by atoms with Crippen LogP contribution in [0.2, 0.25) is 0 Å². The Morgan fingerprint density at radius 2 is 0.438 bits per heavy atom. The molecule has 18 aromatic carbocycles. The Kier molecular flexibility index (Phi) is 13.4. The summed E-state index contributed by atoms with van der Waals surface area (Å²) in [5.41, 5.74) is 38.9. The van der Waals surface area contributed by atoms with Crippen LogP contribution in [0, 0.1) is 0 Å². The van der Waals surface area contributed by atoms with Crippen LogP contribution in [0.3, 0.4) is 0 Å². The van der Waals surface area contributed by atoms with Crippen LogP contribution in [0.25, 0.3) is 179 Å². The van der Waals surface area contributed by atoms with Gasteiger partial charge in [-0.25, -0.2) is 0 Å². The molecular weight excluding hydrogens is 1350 g/mol. The highest BCUT2D eigenvalue weighted by atomic mass is 15.0. The summed E-state index contributed by atoms with van der Waals surface area (Å²) in [6, 6.07) is 146. The second kappa shape index (κ2) is 24.0. The smallest absolute Gasteiger partial charge is 0.0725 e. The molecule has 0 amide bonds. The van der Waals surface area contributed by atoms with Crippen molar-refractivity contribution in [1.29, 1.82) is 0 Å². The predicted octanol–water partition coefficient (Wildman–Crippen LogP) is 28.2. The largest absolute Gasteiger partial charge is 0.309 e. The van der Waals surface area contributed by atoms with Gasteiger partial charge in [0, 0.05) is 32.3 Å². The summed E-state index contributed by atoms with van der Waals surface area (Å²) in [7, 11) is 0. The van der Waals surface area contributed by atoms with Crippen molar-refractivity contribution in [2.45, 2.75) is 10.8 Å². The summed E-state index contributed by atoms with van der Waals surface area (Å²) in [4.78, 5) is 0. The number of rotatable bonds is 9. The van der Waals surface area contributed by atoms with Gasteiger partial charge < -0.3 is 9.13 Å². The number of para-hydroxylation sites is 2. The molecule has 2 nitrogen and oxygen atoms in total. The van der Waals surface area contributed by atoms with Crippen LogP contribution in [0.4, 0.5) is 0 Å². The molecule has 0 unspecified atom stereocenters. The van der Waals surface area contributed by atoms with Crippen molar-refractivity contribution in [2.75, 3.05) is 0 Å². The van der Waals surface area contributed by atoms with E-state index in [2.05, 4.69) is 422 Å². The van der Waals surface area contributed by atoms with Crippen molar-refractivity contribution < 1.29 is 0 Å². The Bertz CT molecular complexity index is 6950. The number of nitrogens with zero attached hydrogens (tertiary/aromatic N) is 2. The molecule has 24 rings (SSSR count). The maximum Gasteiger partial charge on any atom is 0.0725 e. The molecular formula is C110H68N2. The van der Waals surface area contributed by atoms with Crippen molar-refractivity contribution >= 4 is 89.5 Å². The highest BCUT2D eigenvalue weighted by Crippen LogP contribution is 2.66. The zero-order chi connectivity index (χ0) is 73.3. The van der Waals surface area contributed by atoms with Gasteiger partial charge in [-0.15, -0.1) is 0 Å². The Balaban J connectivity index is 0.571. The van der Waals surface area contributed by atoms with Crippen LogP contribution in [-0.2, 0) is 10.8 Å². The quantitative estimate of drug-likeness (QED) is 0.128. The van der Waals surface area contributed by atoms with Crippen LogP contribution in [0.15, 0.2) is 388 Å². The number of benzene rings is 18. The van der Waals surface area contributed by atoms with E-state index in [4.69, 9.17) is 0 Å². The average Bonchev–Trinajstić information content (AvgIpc) is 1.51. The molecule has 2 heteroatoms. The molecule has 4 aliphatic rings. The molecule has 0 saturated carbocycles. The first-order chi connectivity index (χ1) is 55.5. The van der Waals surface area contributed by atoms with Crippen molar-refractivity contribution in [3.05, 3.63) is 455 Å². The number of hydrogen-bond acceptors (Lipinski definition) is 0. The topological polar surface area (TPSA) is 9.86 Å². The van der Waals surface area contributed by atoms with Gasteiger partial charge in [-0.3, -0.25) is 0 Å². The molecule has 518 valence electrons. The van der Waals surface area contributed by atoms with E-state index in [0.29, 0.717) is 0 Å². The van der Waals surface area contributed by atoms with Crippen LogP contribution in [0.1, 0.15) is 66.8 Å². The first-order valence-corrected chi connectivity index (χ1v) is 39.1. The fourth-order valence-corrected chi connectivity index (χ4v) is 20.5. The zero-order valence-corrected chi connectivity index (χ0v) is 61.2. The van der Waals surface area contributed by atoms with E-state index in [0.717, 1.165) is 11.1 Å². The third-order valence-electron chi connectivity index (χ3n) is 25.3. The first-order valence-electron chi connectivity index (χ1n) is 39.1. The fourth-order valence-electron chi connectivity index (χ4n) is 20.5. The van der Waals surface area contributed by atoms with Gasteiger partial charge in [0.05, 0.1) is 44.3 Å². The molecule has 2 aromatic heterocycles. The van der Waals surface area contributed by atoms with Gasteiger partial charge in [0.15, 0.2) is 0 Å². The van der Waals surface area contributed by atoms with E-state index >= 15 is 0 Å². The highest BCUT2D eigenvalue weighted by Gasteiger charge is 2.54. The summed E-state index contributed by atoms with van der Waals surface area (Å²) in [5.74, 6) is 0. The number of aromatic nitrogens is 2. The molecule has 0 N–H and O–H groups in total. The second-order valence-corrected chi connectivity index (χ2v) is 30.9. The van der Waals surface area contributed by atoms with Gasteiger partial charge >= 0.3 is 0 Å². The lowest BCUT2D eigenvalue weighted by molar-refractivity contribution is 0.793. The molecule has 0 saturated heterocycles. The molecule has 0 radical (unpaired) electrons. The molecule has 2 spiro atoms.